The average Bonchev–Trinajstić information content (AvgIpc) is 2.27. The summed E-state index contributed by atoms with van der Waals surface area (Å²) in [6, 6.07) is 3.71. The molecule has 0 radical (unpaired) electrons. The van der Waals surface area contributed by atoms with E-state index in [4.69, 9.17) is 5.73 Å². The molecule has 1 fully saturated rings. The van der Waals surface area contributed by atoms with Crippen LogP contribution in [0, 0.1) is 5.92 Å². The molecule has 4 nitrogen and oxygen atoms in total. The van der Waals surface area contributed by atoms with Crippen molar-refractivity contribution < 1.29 is 8.42 Å². The van der Waals surface area contributed by atoms with Crippen molar-refractivity contribution in [1.29, 1.82) is 0 Å². The molecular weight excluding hydrogens is 248 g/mol. The Kier molecular flexibility index (Phi) is 3.73. The van der Waals surface area contributed by atoms with Crippen LogP contribution in [0.25, 0.3) is 0 Å². The van der Waals surface area contributed by atoms with Gasteiger partial charge in [0.1, 0.15) is 0 Å². The molecular formula is C13H20N2O2S. The van der Waals surface area contributed by atoms with Crippen molar-refractivity contribution in [1.82, 2.24) is 4.98 Å². The predicted octanol–water partition coefficient (Wildman–Crippen LogP) is 1.34. The van der Waals surface area contributed by atoms with Crippen molar-refractivity contribution >= 4 is 9.84 Å². The summed E-state index contributed by atoms with van der Waals surface area (Å²) >= 11 is 0. The van der Waals surface area contributed by atoms with Crippen LogP contribution in [-0.2, 0) is 9.84 Å². The molecule has 100 valence electrons. The Bertz CT molecular complexity index is 489. The number of nitrogens with zero attached hydrogens (tertiary/aromatic N) is 1. The summed E-state index contributed by atoms with van der Waals surface area (Å²) in [4.78, 5) is 4.01. The van der Waals surface area contributed by atoms with E-state index >= 15 is 0 Å². The van der Waals surface area contributed by atoms with E-state index in [1.54, 1.807) is 12.4 Å². The largest absolute Gasteiger partial charge is 0.326 e. The highest BCUT2D eigenvalue weighted by molar-refractivity contribution is 7.91. The Morgan fingerprint density at radius 3 is 2.39 bits per heavy atom. The highest BCUT2D eigenvalue weighted by atomic mass is 32.2. The zero-order valence-corrected chi connectivity index (χ0v) is 11.6. The first-order valence-electron chi connectivity index (χ1n) is 6.24. The number of hydrogen-bond donors (Lipinski definition) is 1. The fraction of sp³-hybridized carbons (Fsp3) is 0.615. The van der Waals surface area contributed by atoms with Gasteiger partial charge >= 0.3 is 0 Å². The monoisotopic (exact) mass is 268 g/mol. The molecule has 0 aromatic carbocycles. The molecule has 1 heterocycles. The van der Waals surface area contributed by atoms with Crippen LogP contribution in [0.3, 0.4) is 0 Å². The third kappa shape index (κ3) is 2.72. The van der Waals surface area contributed by atoms with E-state index in [1.807, 2.05) is 19.1 Å². The Hall–Kier alpha value is -0.940. The number of pyridine rings is 1. The minimum atomic E-state index is -3.07. The highest BCUT2D eigenvalue weighted by Crippen LogP contribution is 2.37. The van der Waals surface area contributed by atoms with E-state index in [0.29, 0.717) is 5.92 Å². The van der Waals surface area contributed by atoms with Crippen LogP contribution in [0.2, 0.25) is 0 Å². The number of sulfone groups is 1. The molecule has 5 heteroatoms. The molecule has 0 unspecified atom stereocenters. The van der Waals surface area contributed by atoms with Gasteiger partial charge in [0.25, 0.3) is 0 Å². The lowest BCUT2D eigenvalue weighted by molar-refractivity contribution is 0.309. The molecule has 1 saturated carbocycles. The van der Waals surface area contributed by atoms with Crippen LogP contribution in [0.5, 0.6) is 0 Å². The Labute approximate surface area is 109 Å². The fourth-order valence-corrected chi connectivity index (χ4v) is 4.91. The van der Waals surface area contributed by atoms with E-state index in [2.05, 4.69) is 4.98 Å². The van der Waals surface area contributed by atoms with Crippen LogP contribution in [0.4, 0.5) is 0 Å². The van der Waals surface area contributed by atoms with Gasteiger partial charge in [-0.3, -0.25) is 4.98 Å². The second kappa shape index (κ2) is 4.97. The van der Waals surface area contributed by atoms with Gasteiger partial charge in [0.2, 0.25) is 0 Å². The van der Waals surface area contributed by atoms with Crippen molar-refractivity contribution in [2.45, 2.75) is 37.0 Å². The highest BCUT2D eigenvalue weighted by Gasteiger charge is 2.39. The molecule has 2 rings (SSSR count). The zero-order valence-electron chi connectivity index (χ0n) is 10.8. The van der Waals surface area contributed by atoms with E-state index < -0.39 is 15.1 Å². The van der Waals surface area contributed by atoms with Gasteiger partial charge in [-0.2, -0.15) is 0 Å². The summed E-state index contributed by atoms with van der Waals surface area (Å²) in [5.41, 5.74) is 7.30. The van der Waals surface area contributed by atoms with Crippen molar-refractivity contribution in [3.05, 3.63) is 30.1 Å². The van der Waals surface area contributed by atoms with Gasteiger partial charge in [0.05, 0.1) is 5.25 Å². The van der Waals surface area contributed by atoms with Crippen molar-refractivity contribution in [3.63, 3.8) is 0 Å². The summed E-state index contributed by atoms with van der Waals surface area (Å²) < 4.78 is 23.5. The predicted molar refractivity (Wildman–Crippen MR) is 72.0 cm³/mol. The first-order chi connectivity index (χ1) is 8.39. The quantitative estimate of drug-likeness (QED) is 0.878. The van der Waals surface area contributed by atoms with Crippen molar-refractivity contribution in [2.24, 2.45) is 11.7 Å². The lowest BCUT2D eigenvalue weighted by Crippen LogP contribution is -2.48. The second-order valence-electron chi connectivity index (χ2n) is 5.38. The van der Waals surface area contributed by atoms with Gasteiger partial charge in [-0.25, -0.2) is 8.42 Å². The molecule has 0 amide bonds. The van der Waals surface area contributed by atoms with E-state index in [0.717, 1.165) is 12.8 Å². The smallest absolute Gasteiger partial charge is 0.152 e. The van der Waals surface area contributed by atoms with Crippen LogP contribution in [-0.4, -0.2) is 30.9 Å². The topological polar surface area (TPSA) is 73.0 Å². The minimum absolute atomic E-state index is 0.0990. The third-order valence-corrected chi connectivity index (χ3v) is 5.67. The van der Waals surface area contributed by atoms with Gasteiger partial charge < -0.3 is 5.73 Å². The Morgan fingerprint density at radius 1 is 1.28 bits per heavy atom. The maximum Gasteiger partial charge on any atom is 0.152 e. The normalized spacial score (nSPS) is 33.3. The lowest BCUT2D eigenvalue weighted by atomic mass is 9.76. The summed E-state index contributed by atoms with van der Waals surface area (Å²) in [6.45, 7) is 1.99. The Morgan fingerprint density at radius 2 is 1.89 bits per heavy atom. The van der Waals surface area contributed by atoms with Crippen LogP contribution in [0.15, 0.2) is 24.5 Å². The van der Waals surface area contributed by atoms with Gasteiger partial charge in [0, 0.05) is 24.7 Å². The van der Waals surface area contributed by atoms with Crippen molar-refractivity contribution in [2.75, 3.05) is 6.26 Å². The SMILES string of the molecule is C[C@H]1C[C@@H](c2ccncc2)C[C@@H](N)[C@@H]1S(C)(=O)=O. The van der Waals surface area contributed by atoms with Crippen LogP contribution >= 0.6 is 0 Å². The Balaban J connectivity index is 2.20. The summed E-state index contributed by atoms with van der Waals surface area (Å²) in [6.07, 6.45) is 6.44. The standard InChI is InChI=1S/C13H20N2O2S/c1-9-7-11(10-3-5-15-6-4-10)8-12(14)13(9)18(2,16)17/h3-6,9,11-13H,7-8,14H2,1-2H3/t9-,11+,12+,13+/m0/s1. The molecule has 0 aliphatic heterocycles. The lowest BCUT2D eigenvalue weighted by Gasteiger charge is -2.37. The maximum atomic E-state index is 11.8. The van der Waals surface area contributed by atoms with Crippen molar-refractivity contribution in [3.8, 4) is 0 Å². The van der Waals surface area contributed by atoms with Gasteiger partial charge in [0.15, 0.2) is 9.84 Å². The van der Waals surface area contributed by atoms with E-state index in [1.165, 1.54) is 11.8 Å². The third-order valence-electron chi connectivity index (χ3n) is 3.87. The van der Waals surface area contributed by atoms with Crippen LogP contribution < -0.4 is 5.73 Å². The molecule has 1 aromatic heterocycles. The number of aromatic nitrogens is 1. The fourth-order valence-electron chi connectivity index (χ4n) is 3.21. The second-order valence-corrected chi connectivity index (χ2v) is 7.59. The van der Waals surface area contributed by atoms with Gasteiger partial charge in [-0.1, -0.05) is 6.92 Å². The maximum absolute atomic E-state index is 11.8. The summed E-state index contributed by atoms with van der Waals surface area (Å²) in [5.74, 6) is 0.443. The zero-order chi connectivity index (χ0) is 13.3. The molecule has 2 N–H and O–H groups in total. The molecule has 1 aliphatic carbocycles. The molecule has 0 saturated heterocycles. The number of hydrogen-bond acceptors (Lipinski definition) is 4. The number of rotatable bonds is 2. The molecule has 1 aromatic rings. The first kappa shape index (κ1) is 13.5. The van der Waals surface area contributed by atoms with Gasteiger partial charge in [-0.15, -0.1) is 0 Å². The van der Waals surface area contributed by atoms with Crippen LogP contribution in [0.1, 0.15) is 31.2 Å². The molecule has 4 atom stereocenters. The average molecular weight is 268 g/mol. The molecule has 18 heavy (non-hydrogen) atoms. The van der Waals surface area contributed by atoms with E-state index in [9.17, 15) is 8.42 Å². The minimum Gasteiger partial charge on any atom is -0.326 e. The summed E-state index contributed by atoms with van der Waals surface area (Å²) in [7, 11) is -3.07. The van der Waals surface area contributed by atoms with Gasteiger partial charge in [-0.05, 0) is 42.4 Å². The van der Waals surface area contributed by atoms with E-state index in [-0.39, 0.29) is 12.0 Å². The molecule has 1 aliphatic rings. The molecule has 0 bridgehead atoms. The summed E-state index contributed by atoms with van der Waals surface area (Å²) in [5, 5.41) is -0.407. The first-order valence-corrected chi connectivity index (χ1v) is 8.19. The number of nitrogens with two attached hydrogens (primary N) is 1. The molecule has 0 spiro atoms.